The Labute approximate surface area is 116 Å². The van der Waals surface area contributed by atoms with Crippen LogP contribution >= 0.6 is 0 Å². The first-order valence-corrected chi connectivity index (χ1v) is 7.33. The summed E-state index contributed by atoms with van der Waals surface area (Å²) in [6, 6.07) is 16.0. The Kier molecular flexibility index (Phi) is 3.32. The predicted molar refractivity (Wildman–Crippen MR) is 82.2 cm³/mol. The second-order valence-electron chi connectivity index (χ2n) is 6.67. The highest BCUT2D eigenvalue weighted by Crippen LogP contribution is 2.37. The third-order valence-electron chi connectivity index (χ3n) is 4.38. The summed E-state index contributed by atoms with van der Waals surface area (Å²) in [7, 11) is 0. The topological polar surface area (TPSA) is 12.0 Å². The van der Waals surface area contributed by atoms with Gasteiger partial charge in [-0.1, -0.05) is 50.2 Å². The van der Waals surface area contributed by atoms with Crippen molar-refractivity contribution in [2.45, 2.75) is 45.7 Å². The van der Waals surface area contributed by atoms with Crippen LogP contribution in [0.3, 0.4) is 0 Å². The number of rotatable bonds is 3. The lowest BCUT2D eigenvalue weighted by atomic mass is 9.92. The molecule has 2 aromatic rings. The van der Waals surface area contributed by atoms with E-state index in [1.807, 2.05) is 0 Å². The van der Waals surface area contributed by atoms with Gasteiger partial charge in [0.15, 0.2) is 0 Å². The molecule has 1 aliphatic rings. The maximum Gasteiger partial charge on any atom is 0.0208 e. The Morgan fingerprint density at radius 1 is 1.11 bits per heavy atom. The van der Waals surface area contributed by atoms with Gasteiger partial charge in [-0.3, -0.25) is 0 Å². The van der Waals surface area contributed by atoms with Crippen molar-refractivity contribution < 1.29 is 0 Å². The molecule has 100 valence electrons. The average molecular weight is 253 g/mol. The maximum atomic E-state index is 3.72. The Bertz CT molecular complexity index is 571. The zero-order chi connectivity index (χ0) is 13.3. The van der Waals surface area contributed by atoms with E-state index < -0.39 is 0 Å². The summed E-state index contributed by atoms with van der Waals surface area (Å²) in [4.78, 5) is 0. The first kappa shape index (κ1) is 12.7. The molecule has 1 nitrogen and oxygen atoms in total. The van der Waals surface area contributed by atoms with Crippen molar-refractivity contribution in [3.05, 3.63) is 48.0 Å². The maximum absolute atomic E-state index is 3.72. The van der Waals surface area contributed by atoms with Crippen LogP contribution in [0.2, 0.25) is 0 Å². The molecule has 1 saturated carbocycles. The van der Waals surface area contributed by atoms with E-state index >= 15 is 0 Å². The van der Waals surface area contributed by atoms with Gasteiger partial charge in [-0.05, 0) is 47.1 Å². The van der Waals surface area contributed by atoms with E-state index in [2.05, 4.69) is 61.6 Å². The quantitative estimate of drug-likeness (QED) is 0.848. The van der Waals surface area contributed by atoms with E-state index in [1.54, 1.807) is 0 Å². The fraction of sp³-hybridized carbons (Fsp3) is 0.444. The molecular weight excluding hydrogens is 230 g/mol. The summed E-state index contributed by atoms with van der Waals surface area (Å²) in [5, 5.41) is 6.39. The monoisotopic (exact) mass is 253 g/mol. The normalized spacial score (nSPS) is 21.9. The molecular formula is C18H23N. The lowest BCUT2D eigenvalue weighted by molar-refractivity contribution is 0.364. The van der Waals surface area contributed by atoms with E-state index in [1.165, 1.54) is 35.6 Å². The van der Waals surface area contributed by atoms with Gasteiger partial charge in [0.2, 0.25) is 0 Å². The standard InChI is InChI=1S/C18H23N/c1-18(2)10-9-17(12-18)19-13-14-7-8-15-5-3-4-6-16(15)11-14/h3-8,11,17,19H,9-10,12-13H2,1-2H3. The average Bonchev–Trinajstić information content (AvgIpc) is 2.76. The van der Waals surface area contributed by atoms with E-state index in [0.717, 1.165) is 6.54 Å². The van der Waals surface area contributed by atoms with Crippen molar-refractivity contribution >= 4 is 10.8 Å². The molecule has 19 heavy (non-hydrogen) atoms. The smallest absolute Gasteiger partial charge is 0.0208 e. The van der Waals surface area contributed by atoms with Crippen LogP contribution in [0.5, 0.6) is 0 Å². The van der Waals surface area contributed by atoms with Crippen LogP contribution in [0.15, 0.2) is 42.5 Å². The Hall–Kier alpha value is -1.34. The van der Waals surface area contributed by atoms with Gasteiger partial charge in [-0.2, -0.15) is 0 Å². The molecule has 3 rings (SSSR count). The minimum absolute atomic E-state index is 0.529. The molecule has 0 aromatic heterocycles. The van der Waals surface area contributed by atoms with Crippen LogP contribution in [0.1, 0.15) is 38.7 Å². The second-order valence-corrected chi connectivity index (χ2v) is 6.67. The number of nitrogens with one attached hydrogen (secondary N) is 1. The Morgan fingerprint density at radius 3 is 2.63 bits per heavy atom. The van der Waals surface area contributed by atoms with Crippen molar-refractivity contribution in [2.24, 2.45) is 5.41 Å². The van der Waals surface area contributed by atoms with Gasteiger partial charge < -0.3 is 5.32 Å². The fourth-order valence-corrected chi connectivity index (χ4v) is 3.22. The minimum atomic E-state index is 0.529. The molecule has 1 aliphatic carbocycles. The third kappa shape index (κ3) is 2.98. The van der Waals surface area contributed by atoms with E-state index in [9.17, 15) is 0 Å². The van der Waals surface area contributed by atoms with Crippen molar-refractivity contribution in [1.29, 1.82) is 0 Å². The zero-order valence-electron chi connectivity index (χ0n) is 11.9. The number of benzene rings is 2. The molecule has 0 heterocycles. The molecule has 0 spiro atoms. The molecule has 1 atom stereocenters. The van der Waals surface area contributed by atoms with Crippen LogP contribution in [0, 0.1) is 5.41 Å². The fourth-order valence-electron chi connectivity index (χ4n) is 3.22. The van der Waals surface area contributed by atoms with Gasteiger partial charge in [0.1, 0.15) is 0 Å². The van der Waals surface area contributed by atoms with Crippen LogP contribution in [-0.2, 0) is 6.54 Å². The SMILES string of the molecule is CC1(C)CCC(NCc2ccc3ccccc3c2)C1. The van der Waals surface area contributed by atoms with Crippen LogP contribution < -0.4 is 5.32 Å². The largest absolute Gasteiger partial charge is 0.310 e. The van der Waals surface area contributed by atoms with Gasteiger partial charge in [-0.25, -0.2) is 0 Å². The van der Waals surface area contributed by atoms with Gasteiger partial charge in [0.05, 0.1) is 0 Å². The second kappa shape index (κ2) is 4.97. The lowest BCUT2D eigenvalue weighted by Crippen LogP contribution is -2.26. The van der Waals surface area contributed by atoms with Gasteiger partial charge in [0, 0.05) is 12.6 Å². The molecule has 1 fully saturated rings. The molecule has 0 aliphatic heterocycles. The van der Waals surface area contributed by atoms with Crippen LogP contribution in [0.25, 0.3) is 10.8 Å². The summed E-state index contributed by atoms with van der Waals surface area (Å²) < 4.78 is 0. The van der Waals surface area contributed by atoms with Crippen molar-refractivity contribution in [3.63, 3.8) is 0 Å². The summed E-state index contributed by atoms with van der Waals surface area (Å²) >= 11 is 0. The molecule has 0 bridgehead atoms. The highest BCUT2D eigenvalue weighted by atomic mass is 14.9. The van der Waals surface area contributed by atoms with Crippen molar-refractivity contribution in [1.82, 2.24) is 5.32 Å². The molecule has 0 saturated heterocycles. The summed E-state index contributed by atoms with van der Waals surface area (Å²) in [6.45, 7) is 5.75. The van der Waals surface area contributed by atoms with E-state index in [0.29, 0.717) is 11.5 Å². The first-order chi connectivity index (χ1) is 9.12. The highest BCUT2D eigenvalue weighted by molar-refractivity contribution is 5.82. The molecule has 0 radical (unpaired) electrons. The lowest BCUT2D eigenvalue weighted by Gasteiger charge is -2.18. The first-order valence-electron chi connectivity index (χ1n) is 7.33. The minimum Gasteiger partial charge on any atom is -0.310 e. The Morgan fingerprint density at radius 2 is 1.89 bits per heavy atom. The van der Waals surface area contributed by atoms with Gasteiger partial charge in [-0.15, -0.1) is 0 Å². The highest BCUT2D eigenvalue weighted by Gasteiger charge is 2.30. The third-order valence-corrected chi connectivity index (χ3v) is 4.38. The van der Waals surface area contributed by atoms with Gasteiger partial charge >= 0.3 is 0 Å². The van der Waals surface area contributed by atoms with Crippen molar-refractivity contribution in [2.75, 3.05) is 0 Å². The van der Waals surface area contributed by atoms with E-state index in [4.69, 9.17) is 0 Å². The molecule has 1 unspecified atom stereocenters. The number of hydrogen-bond acceptors (Lipinski definition) is 1. The molecule has 1 N–H and O–H groups in total. The van der Waals surface area contributed by atoms with Crippen LogP contribution in [0.4, 0.5) is 0 Å². The summed E-state index contributed by atoms with van der Waals surface area (Å²) in [5.74, 6) is 0. The van der Waals surface area contributed by atoms with Crippen molar-refractivity contribution in [3.8, 4) is 0 Å². The van der Waals surface area contributed by atoms with Crippen LogP contribution in [-0.4, -0.2) is 6.04 Å². The predicted octanol–water partition coefficient (Wildman–Crippen LogP) is 4.51. The summed E-state index contributed by atoms with van der Waals surface area (Å²) in [5.41, 5.74) is 1.92. The molecule has 2 aromatic carbocycles. The number of fused-ring (bicyclic) bond motifs is 1. The summed E-state index contributed by atoms with van der Waals surface area (Å²) in [6.07, 6.45) is 3.98. The Balaban J connectivity index is 1.66. The van der Waals surface area contributed by atoms with Gasteiger partial charge in [0.25, 0.3) is 0 Å². The van der Waals surface area contributed by atoms with E-state index in [-0.39, 0.29) is 0 Å². The number of hydrogen-bond donors (Lipinski definition) is 1. The zero-order valence-corrected chi connectivity index (χ0v) is 11.9. The molecule has 0 amide bonds. The molecule has 1 heteroatoms.